The van der Waals surface area contributed by atoms with Gasteiger partial charge in [-0.2, -0.15) is 31.6 Å². The number of benzene rings is 2. The third-order valence-electron chi connectivity index (χ3n) is 5.52. The first-order valence-corrected chi connectivity index (χ1v) is 11.5. The number of rotatable bonds is 8. The van der Waals surface area contributed by atoms with Crippen molar-refractivity contribution in [1.82, 2.24) is 40.3 Å². The zero-order valence-electron chi connectivity index (χ0n) is 19.8. The summed E-state index contributed by atoms with van der Waals surface area (Å²) in [6.45, 7) is -2.08. The maximum atomic E-state index is 13.3. The van der Waals surface area contributed by atoms with Gasteiger partial charge in [-0.05, 0) is 42.0 Å². The molecule has 2 aromatic heterocycles. The van der Waals surface area contributed by atoms with Gasteiger partial charge in [0.15, 0.2) is 11.9 Å². The van der Waals surface area contributed by atoms with E-state index in [4.69, 9.17) is 11.6 Å². The molecule has 1 unspecified atom stereocenters. The number of nitrogens with zero attached hydrogens (tertiary/aromatic N) is 6. The Balaban J connectivity index is 1.66. The molecule has 0 bridgehead atoms. The molecule has 18 heteroatoms. The highest BCUT2D eigenvalue weighted by Crippen LogP contribution is 2.31. The monoisotopic (exact) mass is 590 g/mol. The van der Waals surface area contributed by atoms with E-state index in [9.17, 15) is 41.0 Å². The number of halogens is 7. The first-order valence-electron chi connectivity index (χ1n) is 11.1. The van der Waals surface area contributed by atoms with Crippen molar-refractivity contribution in [3.63, 3.8) is 0 Å². The van der Waals surface area contributed by atoms with Crippen LogP contribution in [0.25, 0.3) is 11.4 Å². The number of aromatic nitrogens is 7. The maximum Gasteiger partial charge on any atom is 0.416 e. The van der Waals surface area contributed by atoms with Gasteiger partial charge in [-0.25, -0.2) is 9.48 Å². The van der Waals surface area contributed by atoms with Gasteiger partial charge in [0.2, 0.25) is 11.7 Å². The summed E-state index contributed by atoms with van der Waals surface area (Å²) in [5.74, 6) is -1.48. The molecule has 0 spiro atoms. The zero-order chi connectivity index (χ0) is 29.2. The molecule has 0 fully saturated rings. The van der Waals surface area contributed by atoms with Crippen molar-refractivity contribution < 1.29 is 36.2 Å². The first-order chi connectivity index (χ1) is 18.7. The van der Waals surface area contributed by atoms with Crippen LogP contribution in [0.3, 0.4) is 0 Å². The number of nitrogens with one attached hydrogen (secondary N) is 2. The van der Waals surface area contributed by atoms with E-state index in [0.29, 0.717) is 9.25 Å². The Hall–Kier alpha value is -4.25. The Kier molecular flexibility index (Phi) is 7.97. The highest BCUT2D eigenvalue weighted by molar-refractivity contribution is 6.30. The van der Waals surface area contributed by atoms with Crippen LogP contribution >= 0.6 is 11.6 Å². The molecule has 0 saturated carbocycles. The minimum absolute atomic E-state index is 0.0717. The molecule has 4 aromatic rings. The summed E-state index contributed by atoms with van der Waals surface area (Å²) in [6.07, 6.45) is -12.7. The number of amides is 1. The summed E-state index contributed by atoms with van der Waals surface area (Å²) >= 11 is 5.85. The lowest BCUT2D eigenvalue weighted by molar-refractivity contribution is -0.207. The standard InChI is InChI=1S/C22H17ClF6N8O3/c23-14-6-4-11(5-7-14)19-33-37(20(40)36(19)9-15(38)22(27,28)29)10-16(39)30-17(18-31-34-35-32-18)12-2-1-3-13(8-12)21(24,25)26/h1-8,15,17,38H,9-10H2,(H,30,39)(H,31,32,34,35)/t15-,17?/m0/s1. The number of carbonyl (C=O) groups excluding carboxylic acids is 1. The fourth-order valence-corrected chi connectivity index (χ4v) is 3.75. The van der Waals surface area contributed by atoms with Gasteiger partial charge in [0, 0.05) is 10.6 Å². The molecule has 1 amide bonds. The van der Waals surface area contributed by atoms with Gasteiger partial charge >= 0.3 is 18.0 Å². The van der Waals surface area contributed by atoms with E-state index in [1.165, 1.54) is 30.3 Å². The summed E-state index contributed by atoms with van der Waals surface area (Å²) in [4.78, 5) is 25.9. The fraction of sp³-hybridized carbons (Fsp3) is 0.273. The molecule has 0 aliphatic rings. The normalized spacial score (nSPS) is 13.7. The highest BCUT2D eigenvalue weighted by atomic mass is 35.5. The SMILES string of the molecule is O=C(Cn1nc(-c2ccc(Cl)cc2)n(C[C@H](O)C(F)(F)F)c1=O)NC(c1cccc(C(F)(F)F)c1)c1nn[nH]n1. The molecule has 0 saturated heterocycles. The summed E-state index contributed by atoms with van der Waals surface area (Å²) in [5.41, 5.74) is -2.10. The van der Waals surface area contributed by atoms with E-state index in [2.05, 4.69) is 31.0 Å². The summed E-state index contributed by atoms with van der Waals surface area (Å²) in [7, 11) is 0. The van der Waals surface area contributed by atoms with Crippen LogP contribution in [0.4, 0.5) is 26.3 Å². The number of aliphatic hydroxyl groups excluding tert-OH is 1. The van der Waals surface area contributed by atoms with Gasteiger partial charge in [-0.3, -0.25) is 9.36 Å². The second kappa shape index (κ2) is 11.1. The average molecular weight is 591 g/mol. The number of alkyl halides is 6. The molecule has 2 aromatic carbocycles. The van der Waals surface area contributed by atoms with Gasteiger partial charge in [0.25, 0.3) is 0 Å². The van der Waals surface area contributed by atoms with Crippen molar-refractivity contribution in [1.29, 1.82) is 0 Å². The topological polar surface area (TPSA) is 144 Å². The molecule has 40 heavy (non-hydrogen) atoms. The number of aromatic amines is 1. The van der Waals surface area contributed by atoms with E-state index < -0.39 is 54.7 Å². The van der Waals surface area contributed by atoms with E-state index in [0.717, 1.165) is 18.2 Å². The fourth-order valence-electron chi connectivity index (χ4n) is 3.62. The number of aliphatic hydroxyl groups is 1. The number of carbonyl (C=O) groups is 1. The van der Waals surface area contributed by atoms with Gasteiger partial charge in [0.05, 0.1) is 12.1 Å². The van der Waals surface area contributed by atoms with Crippen LogP contribution in [0.5, 0.6) is 0 Å². The molecule has 0 radical (unpaired) electrons. The third-order valence-corrected chi connectivity index (χ3v) is 5.78. The first kappa shape index (κ1) is 28.8. The van der Waals surface area contributed by atoms with Gasteiger partial charge < -0.3 is 10.4 Å². The summed E-state index contributed by atoms with van der Waals surface area (Å²) in [5, 5.41) is 29.1. The molecule has 212 valence electrons. The van der Waals surface area contributed by atoms with E-state index in [-0.39, 0.29) is 27.8 Å². The van der Waals surface area contributed by atoms with Crippen LogP contribution in [0.1, 0.15) is 23.0 Å². The van der Waals surface area contributed by atoms with Crippen molar-refractivity contribution >= 4 is 17.5 Å². The van der Waals surface area contributed by atoms with Crippen LogP contribution < -0.4 is 11.0 Å². The number of tetrazole rings is 1. The smallest absolute Gasteiger partial charge is 0.382 e. The molecule has 2 heterocycles. The largest absolute Gasteiger partial charge is 0.416 e. The van der Waals surface area contributed by atoms with Gasteiger partial charge in [-0.1, -0.05) is 28.9 Å². The molecule has 4 rings (SSSR count). The predicted octanol–water partition coefficient (Wildman–Crippen LogP) is 2.73. The quantitative estimate of drug-likeness (QED) is 0.268. The number of hydrogen-bond acceptors (Lipinski definition) is 7. The van der Waals surface area contributed by atoms with Crippen molar-refractivity contribution in [3.8, 4) is 11.4 Å². The van der Waals surface area contributed by atoms with Gasteiger partial charge in [-0.15, -0.1) is 15.3 Å². The lowest BCUT2D eigenvalue weighted by Gasteiger charge is -2.17. The molecule has 2 atom stereocenters. The van der Waals surface area contributed by atoms with Crippen molar-refractivity contribution in [2.24, 2.45) is 0 Å². The van der Waals surface area contributed by atoms with E-state index in [1.54, 1.807) is 0 Å². The Morgan fingerprint density at radius 2 is 1.80 bits per heavy atom. The van der Waals surface area contributed by atoms with Crippen LogP contribution in [0.15, 0.2) is 53.3 Å². The lowest BCUT2D eigenvalue weighted by atomic mass is 10.0. The molecular formula is C22H17ClF6N8O3. The zero-order valence-corrected chi connectivity index (χ0v) is 20.5. The minimum atomic E-state index is -5.06. The molecular weight excluding hydrogens is 574 g/mol. The Morgan fingerprint density at radius 3 is 2.40 bits per heavy atom. The van der Waals surface area contributed by atoms with E-state index >= 15 is 0 Å². The molecule has 0 aliphatic heterocycles. The van der Waals surface area contributed by atoms with Crippen molar-refractivity contribution in [2.75, 3.05) is 0 Å². The Labute approximate surface area is 224 Å². The van der Waals surface area contributed by atoms with Crippen LogP contribution in [0.2, 0.25) is 5.02 Å². The number of H-pyrrole nitrogens is 1. The third kappa shape index (κ3) is 6.48. The lowest BCUT2D eigenvalue weighted by Crippen LogP contribution is -2.39. The Morgan fingerprint density at radius 1 is 1.10 bits per heavy atom. The summed E-state index contributed by atoms with van der Waals surface area (Å²) < 4.78 is 80.0. The molecule has 0 aliphatic carbocycles. The minimum Gasteiger partial charge on any atom is -0.382 e. The van der Waals surface area contributed by atoms with E-state index in [1.807, 2.05) is 0 Å². The molecule has 11 nitrogen and oxygen atoms in total. The highest BCUT2D eigenvalue weighted by Gasteiger charge is 2.39. The Bertz CT molecular complexity index is 1530. The second-order valence-electron chi connectivity index (χ2n) is 8.33. The van der Waals surface area contributed by atoms with Crippen LogP contribution in [-0.2, 0) is 24.1 Å². The van der Waals surface area contributed by atoms with Gasteiger partial charge in [0.1, 0.15) is 12.6 Å². The van der Waals surface area contributed by atoms with Crippen LogP contribution in [-0.4, -0.2) is 58.3 Å². The number of hydrogen-bond donors (Lipinski definition) is 3. The predicted molar refractivity (Wildman–Crippen MR) is 125 cm³/mol. The summed E-state index contributed by atoms with van der Waals surface area (Å²) in [6, 6.07) is 8.12. The maximum absolute atomic E-state index is 13.3. The van der Waals surface area contributed by atoms with Crippen molar-refractivity contribution in [3.05, 3.63) is 81.0 Å². The van der Waals surface area contributed by atoms with Crippen LogP contribution in [0, 0.1) is 0 Å². The molecule has 3 N–H and O–H groups in total. The average Bonchev–Trinajstić information content (AvgIpc) is 3.51. The second-order valence-corrected chi connectivity index (χ2v) is 8.77. The van der Waals surface area contributed by atoms with Crippen molar-refractivity contribution in [2.45, 2.75) is 37.6 Å².